The molecule has 4 heteroatoms. The average Bonchev–Trinajstić information content (AvgIpc) is 2.15. The van der Waals surface area contributed by atoms with Crippen molar-refractivity contribution in [3.8, 4) is 0 Å². The number of fused-ring (bicyclic) bond motifs is 1. The Morgan fingerprint density at radius 2 is 1.94 bits per heavy atom. The summed E-state index contributed by atoms with van der Waals surface area (Å²) in [5.41, 5.74) is -0.253. The average molecular weight is 228 g/mol. The summed E-state index contributed by atoms with van der Waals surface area (Å²) in [6.45, 7) is 1.80. The lowest BCUT2D eigenvalue weighted by Gasteiger charge is -2.23. The van der Waals surface area contributed by atoms with E-state index in [2.05, 4.69) is 0 Å². The topological polar surface area (TPSA) is 17.1 Å². The third-order valence-electron chi connectivity index (χ3n) is 2.87. The first-order chi connectivity index (χ1) is 7.39. The number of alkyl halides is 3. The van der Waals surface area contributed by atoms with Gasteiger partial charge in [-0.25, -0.2) is 0 Å². The number of Topliss-reactive ketones (excluding diaryl/α,β-unsaturated/α-hetero) is 1. The zero-order chi connectivity index (χ0) is 11.9. The molecular weight excluding hydrogens is 217 g/mol. The first kappa shape index (κ1) is 11.2. The number of hydrogen-bond donors (Lipinski definition) is 0. The van der Waals surface area contributed by atoms with E-state index in [1.54, 1.807) is 6.92 Å². The highest BCUT2D eigenvalue weighted by Crippen LogP contribution is 2.37. The molecule has 0 aliphatic heterocycles. The molecule has 0 spiro atoms. The first-order valence-electron chi connectivity index (χ1n) is 5.12. The maximum Gasteiger partial charge on any atom is 0.416 e. The van der Waals surface area contributed by atoms with Crippen LogP contribution in [0.1, 0.15) is 34.8 Å². The van der Waals surface area contributed by atoms with Crippen LogP contribution >= 0.6 is 0 Å². The molecule has 1 atom stereocenters. The molecule has 0 bridgehead atoms. The van der Waals surface area contributed by atoms with Gasteiger partial charge in [0.05, 0.1) is 5.56 Å². The molecule has 1 aliphatic rings. The van der Waals surface area contributed by atoms with E-state index in [1.165, 1.54) is 12.1 Å². The molecule has 0 fully saturated rings. The quantitative estimate of drug-likeness (QED) is 0.664. The minimum absolute atomic E-state index is 0.0106. The molecule has 0 saturated carbocycles. The summed E-state index contributed by atoms with van der Waals surface area (Å²) >= 11 is 0. The van der Waals surface area contributed by atoms with Crippen LogP contribution in [0.2, 0.25) is 0 Å². The van der Waals surface area contributed by atoms with Crippen LogP contribution in [0.3, 0.4) is 0 Å². The van der Waals surface area contributed by atoms with E-state index in [1.807, 2.05) is 0 Å². The van der Waals surface area contributed by atoms with Crippen LogP contribution < -0.4 is 0 Å². The van der Waals surface area contributed by atoms with Crippen LogP contribution in [-0.2, 0) is 12.6 Å². The van der Waals surface area contributed by atoms with Crippen LogP contribution in [-0.4, -0.2) is 5.78 Å². The van der Waals surface area contributed by atoms with Gasteiger partial charge in [-0.15, -0.1) is 0 Å². The second-order valence-corrected chi connectivity index (χ2v) is 4.27. The number of ketones is 1. The molecule has 0 saturated heterocycles. The highest BCUT2D eigenvalue weighted by molar-refractivity contribution is 5.99. The molecule has 0 radical (unpaired) electrons. The molecule has 1 nitrogen and oxygen atoms in total. The minimum atomic E-state index is -4.37. The van der Waals surface area contributed by atoms with Gasteiger partial charge < -0.3 is 0 Å². The van der Waals surface area contributed by atoms with Gasteiger partial charge in [0.25, 0.3) is 0 Å². The van der Waals surface area contributed by atoms with Gasteiger partial charge in [0.15, 0.2) is 5.78 Å². The molecule has 0 heterocycles. The Kier molecular flexibility index (Phi) is 2.52. The number of rotatable bonds is 0. The predicted molar refractivity (Wildman–Crippen MR) is 53.3 cm³/mol. The second kappa shape index (κ2) is 3.61. The standard InChI is InChI=1S/C12H11F3O/c1-7-5-9-8(11(16)6-7)3-2-4-10(9)12(13,14)15/h2-4,7H,5-6H2,1H3. The van der Waals surface area contributed by atoms with Crippen molar-refractivity contribution in [3.63, 3.8) is 0 Å². The number of carbonyl (C=O) groups excluding carboxylic acids is 1. The maximum atomic E-state index is 12.7. The molecule has 1 unspecified atom stereocenters. The molecule has 0 N–H and O–H groups in total. The van der Waals surface area contributed by atoms with Gasteiger partial charge in [0.1, 0.15) is 0 Å². The first-order valence-corrected chi connectivity index (χ1v) is 5.12. The largest absolute Gasteiger partial charge is 0.416 e. The van der Waals surface area contributed by atoms with Crippen molar-refractivity contribution in [3.05, 3.63) is 34.9 Å². The van der Waals surface area contributed by atoms with Gasteiger partial charge in [-0.1, -0.05) is 19.1 Å². The number of carbonyl (C=O) groups is 1. The Bertz CT molecular complexity index is 434. The van der Waals surface area contributed by atoms with E-state index in [0.29, 0.717) is 12.8 Å². The van der Waals surface area contributed by atoms with Gasteiger partial charge in [-0.3, -0.25) is 4.79 Å². The fraction of sp³-hybridized carbons (Fsp3) is 0.417. The van der Waals surface area contributed by atoms with E-state index < -0.39 is 11.7 Å². The number of halogens is 3. The van der Waals surface area contributed by atoms with Crippen molar-refractivity contribution in [2.75, 3.05) is 0 Å². The third-order valence-corrected chi connectivity index (χ3v) is 2.87. The van der Waals surface area contributed by atoms with Gasteiger partial charge in [0, 0.05) is 12.0 Å². The van der Waals surface area contributed by atoms with E-state index in [-0.39, 0.29) is 22.8 Å². The highest BCUT2D eigenvalue weighted by Gasteiger charge is 2.36. The number of hydrogen-bond acceptors (Lipinski definition) is 1. The lowest BCUT2D eigenvalue weighted by molar-refractivity contribution is -0.138. The molecule has 1 aliphatic carbocycles. The Morgan fingerprint density at radius 1 is 1.25 bits per heavy atom. The van der Waals surface area contributed by atoms with Crippen LogP contribution in [0.5, 0.6) is 0 Å². The fourth-order valence-corrected chi connectivity index (χ4v) is 2.18. The van der Waals surface area contributed by atoms with Crippen molar-refractivity contribution in [1.29, 1.82) is 0 Å². The van der Waals surface area contributed by atoms with Crippen LogP contribution in [0.25, 0.3) is 0 Å². The molecule has 2 rings (SSSR count). The summed E-state index contributed by atoms with van der Waals surface area (Å²) in [7, 11) is 0. The summed E-state index contributed by atoms with van der Waals surface area (Å²) in [5.74, 6) is -0.191. The maximum absolute atomic E-state index is 12.7. The van der Waals surface area contributed by atoms with Gasteiger partial charge in [-0.2, -0.15) is 13.2 Å². The summed E-state index contributed by atoms with van der Waals surface area (Å²) in [6.07, 6.45) is -3.70. The summed E-state index contributed by atoms with van der Waals surface area (Å²) < 4.78 is 38.2. The van der Waals surface area contributed by atoms with E-state index in [4.69, 9.17) is 0 Å². The van der Waals surface area contributed by atoms with Crippen LogP contribution in [0.15, 0.2) is 18.2 Å². The minimum Gasteiger partial charge on any atom is -0.294 e. The zero-order valence-electron chi connectivity index (χ0n) is 8.77. The second-order valence-electron chi connectivity index (χ2n) is 4.27. The van der Waals surface area contributed by atoms with E-state index in [0.717, 1.165) is 6.07 Å². The number of benzene rings is 1. The highest BCUT2D eigenvalue weighted by atomic mass is 19.4. The van der Waals surface area contributed by atoms with Crippen LogP contribution in [0, 0.1) is 5.92 Å². The Morgan fingerprint density at radius 3 is 2.56 bits per heavy atom. The molecule has 1 aromatic rings. The summed E-state index contributed by atoms with van der Waals surface area (Å²) in [6, 6.07) is 3.83. The van der Waals surface area contributed by atoms with Gasteiger partial charge in [-0.05, 0) is 24.0 Å². The zero-order valence-corrected chi connectivity index (χ0v) is 8.77. The molecular formula is C12H11F3O. The van der Waals surface area contributed by atoms with Gasteiger partial charge >= 0.3 is 6.18 Å². The smallest absolute Gasteiger partial charge is 0.294 e. The normalized spacial score (nSPS) is 20.8. The van der Waals surface area contributed by atoms with Crippen molar-refractivity contribution >= 4 is 5.78 Å². The molecule has 16 heavy (non-hydrogen) atoms. The van der Waals surface area contributed by atoms with Gasteiger partial charge in [0.2, 0.25) is 0 Å². The SMILES string of the molecule is CC1CC(=O)c2cccc(C(F)(F)F)c2C1. The molecule has 0 amide bonds. The lowest BCUT2D eigenvalue weighted by atomic mass is 9.81. The summed E-state index contributed by atoms with van der Waals surface area (Å²) in [4.78, 5) is 11.6. The Hall–Kier alpha value is -1.32. The molecule has 86 valence electrons. The lowest BCUT2D eigenvalue weighted by Crippen LogP contribution is -2.22. The van der Waals surface area contributed by atoms with E-state index >= 15 is 0 Å². The molecule has 1 aromatic carbocycles. The van der Waals surface area contributed by atoms with Crippen molar-refractivity contribution in [1.82, 2.24) is 0 Å². The molecule has 0 aromatic heterocycles. The Balaban J connectivity index is 2.59. The monoisotopic (exact) mass is 228 g/mol. The predicted octanol–water partition coefficient (Wildman–Crippen LogP) is 3.47. The van der Waals surface area contributed by atoms with E-state index in [9.17, 15) is 18.0 Å². The van der Waals surface area contributed by atoms with Crippen molar-refractivity contribution in [2.45, 2.75) is 25.9 Å². The third kappa shape index (κ3) is 1.84. The Labute approximate surface area is 91.3 Å². The van der Waals surface area contributed by atoms with Crippen LogP contribution in [0.4, 0.5) is 13.2 Å². The van der Waals surface area contributed by atoms with Crippen molar-refractivity contribution < 1.29 is 18.0 Å². The fourth-order valence-electron chi connectivity index (χ4n) is 2.18. The van der Waals surface area contributed by atoms with Crippen molar-refractivity contribution in [2.24, 2.45) is 5.92 Å². The summed E-state index contributed by atoms with van der Waals surface area (Å²) in [5, 5.41) is 0.